The number of likely N-dealkylation sites (tertiary alicyclic amines) is 1. The number of piperidine rings is 1. The molecule has 2 aliphatic rings. The van der Waals surface area contributed by atoms with Crippen LogP contribution in [0.25, 0.3) is 10.8 Å². The first-order valence-corrected chi connectivity index (χ1v) is 9.47. The molecule has 24 heavy (non-hydrogen) atoms. The fourth-order valence-electron chi connectivity index (χ4n) is 3.95. The lowest BCUT2D eigenvalue weighted by molar-refractivity contribution is -0.210. The van der Waals surface area contributed by atoms with E-state index in [4.69, 9.17) is 9.15 Å². The summed E-state index contributed by atoms with van der Waals surface area (Å²) in [5.41, 5.74) is -0.0382. The molecule has 2 fully saturated rings. The lowest BCUT2D eigenvalue weighted by Gasteiger charge is -2.56. The Labute approximate surface area is 145 Å². The Morgan fingerprint density at radius 1 is 1.42 bits per heavy atom. The Balaban J connectivity index is 1.35. The highest BCUT2D eigenvalue weighted by Gasteiger charge is 2.55. The lowest BCUT2D eigenvalue weighted by Crippen LogP contribution is -2.62. The molecular weight excluding hydrogens is 326 g/mol. The van der Waals surface area contributed by atoms with E-state index in [9.17, 15) is 5.11 Å². The van der Waals surface area contributed by atoms with Crippen molar-refractivity contribution in [3.05, 3.63) is 23.4 Å². The Kier molecular flexibility index (Phi) is 4.42. The minimum atomic E-state index is -0.218. The van der Waals surface area contributed by atoms with Crippen molar-refractivity contribution in [1.29, 1.82) is 0 Å². The number of aliphatic hydroxyl groups excluding tert-OH is 1. The summed E-state index contributed by atoms with van der Waals surface area (Å²) in [5.74, 6) is 1.25. The highest BCUT2D eigenvalue weighted by molar-refractivity contribution is 7.13. The molecule has 4 rings (SSSR count). The van der Waals surface area contributed by atoms with Gasteiger partial charge in [-0.2, -0.15) is 0 Å². The highest BCUT2D eigenvalue weighted by atomic mass is 32.1. The summed E-state index contributed by atoms with van der Waals surface area (Å²) in [6.07, 6.45) is 2.70. The third kappa shape index (κ3) is 2.79. The second-order valence-electron chi connectivity index (χ2n) is 6.68. The predicted molar refractivity (Wildman–Crippen MR) is 90.6 cm³/mol. The van der Waals surface area contributed by atoms with Crippen molar-refractivity contribution in [3.63, 3.8) is 0 Å². The van der Waals surface area contributed by atoms with Gasteiger partial charge >= 0.3 is 0 Å². The largest absolute Gasteiger partial charge is 0.419 e. The molecule has 1 N–H and O–H groups in total. The van der Waals surface area contributed by atoms with Crippen LogP contribution in [0, 0.1) is 5.41 Å². The van der Waals surface area contributed by atoms with Gasteiger partial charge in [-0.05, 0) is 44.3 Å². The van der Waals surface area contributed by atoms with Crippen molar-refractivity contribution in [2.75, 3.05) is 19.7 Å². The molecule has 0 radical (unpaired) electrons. The number of ether oxygens (including phenoxy) is 1. The molecule has 0 aromatic carbocycles. The molecule has 130 valence electrons. The zero-order chi connectivity index (χ0) is 16.6. The Morgan fingerprint density at radius 3 is 2.92 bits per heavy atom. The van der Waals surface area contributed by atoms with Crippen molar-refractivity contribution in [1.82, 2.24) is 15.1 Å². The van der Waals surface area contributed by atoms with Gasteiger partial charge in [0.25, 0.3) is 5.89 Å². The molecule has 7 heteroatoms. The van der Waals surface area contributed by atoms with E-state index in [1.54, 1.807) is 11.3 Å². The molecule has 0 amide bonds. The third-order valence-corrected chi connectivity index (χ3v) is 6.31. The fraction of sp³-hybridized carbons (Fsp3) is 0.647. The minimum absolute atomic E-state index is 0.0382. The molecule has 0 unspecified atom stereocenters. The van der Waals surface area contributed by atoms with Gasteiger partial charge < -0.3 is 14.3 Å². The van der Waals surface area contributed by atoms with Gasteiger partial charge in [0, 0.05) is 18.4 Å². The van der Waals surface area contributed by atoms with Gasteiger partial charge in [-0.3, -0.25) is 4.90 Å². The number of thiophene rings is 1. The molecule has 6 nitrogen and oxygen atoms in total. The molecular formula is C17H23N3O3S. The zero-order valence-corrected chi connectivity index (χ0v) is 14.7. The Bertz CT molecular complexity index is 662. The first-order chi connectivity index (χ1) is 11.7. The first kappa shape index (κ1) is 16.2. The predicted octanol–water partition coefficient (Wildman–Crippen LogP) is 2.55. The summed E-state index contributed by atoms with van der Waals surface area (Å²) in [5, 5.41) is 20.6. The molecule has 2 atom stereocenters. The number of aromatic nitrogens is 2. The van der Waals surface area contributed by atoms with Gasteiger partial charge in [-0.25, -0.2) is 0 Å². The maximum absolute atomic E-state index is 10.3. The molecule has 3 heterocycles. The summed E-state index contributed by atoms with van der Waals surface area (Å²) in [7, 11) is 0. The average Bonchev–Trinajstić information content (AvgIpc) is 3.27. The molecule has 1 aliphatic carbocycles. The molecule has 1 spiro atoms. The normalized spacial score (nSPS) is 26.6. The number of hydrogen-bond acceptors (Lipinski definition) is 7. The maximum Gasteiger partial charge on any atom is 0.257 e. The summed E-state index contributed by atoms with van der Waals surface area (Å²) >= 11 is 1.60. The number of rotatable bonds is 5. The average molecular weight is 349 g/mol. The van der Waals surface area contributed by atoms with Gasteiger partial charge in [0.15, 0.2) is 0 Å². The van der Waals surface area contributed by atoms with E-state index < -0.39 is 0 Å². The molecule has 1 aliphatic heterocycles. The third-order valence-electron chi connectivity index (χ3n) is 5.45. The molecule has 0 bridgehead atoms. The van der Waals surface area contributed by atoms with Gasteiger partial charge in [0.1, 0.15) is 0 Å². The Morgan fingerprint density at radius 2 is 2.25 bits per heavy atom. The van der Waals surface area contributed by atoms with E-state index in [1.807, 2.05) is 24.4 Å². The Hall–Kier alpha value is -1.28. The van der Waals surface area contributed by atoms with Crippen LogP contribution in [-0.2, 0) is 11.3 Å². The van der Waals surface area contributed by atoms with Crippen LogP contribution in [0.2, 0.25) is 0 Å². The van der Waals surface area contributed by atoms with Crippen LogP contribution < -0.4 is 0 Å². The van der Waals surface area contributed by atoms with Crippen LogP contribution in [0.1, 0.15) is 32.1 Å². The van der Waals surface area contributed by atoms with Crippen molar-refractivity contribution < 1.29 is 14.3 Å². The molecule has 1 saturated carbocycles. The van der Waals surface area contributed by atoms with Crippen LogP contribution in [-0.4, -0.2) is 52.1 Å². The van der Waals surface area contributed by atoms with Gasteiger partial charge in [0.05, 0.1) is 23.6 Å². The number of aliphatic hydroxyl groups is 1. The first-order valence-electron chi connectivity index (χ1n) is 8.59. The van der Waals surface area contributed by atoms with Crippen LogP contribution >= 0.6 is 11.3 Å². The summed E-state index contributed by atoms with van der Waals surface area (Å²) in [6.45, 7) is 5.27. The smallest absolute Gasteiger partial charge is 0.257 e. The van der Waals surface area contributed by atoms with Crippen LogP contribution in [0.4, 0.5) is 0 Å². The monoisotopic (exact) mass is 349 g/mol. The number of hydrogen-bond donors (Lipinski definition) is 1. The van der Waals surface area contributed by atoms with E-state index in [-0.39, 0.29) is 17.6 Å². The fourth-order valence-corrected chi connectivity index (χ4v) is 4.60. The molecule has 2 aromatic rings. The topological polar surface area (TPSA) is 71.6 Å². The van der Waals surface area contributed by atoms with Crippen molar-refractivity contribution in [2.24, 2.45) is 5.41 Å². The highest BCUT2D eigenvalue weighted by Crippen LogP contribution is 2.51. The van der Waals surface area contributed by atoms with Crippen molar-refractivity contribution in [3.8, 4) is 10.8 Å². The standard InChI is InChI=1S/C17H23N3O3S/c1-2-22-14-10-13(21)17(14)5-7-20(8-6-17)11-15-18-19-16(23-15)12-4-3-9-24-12/h3-4,9,13-14,21H,2,5-8,10-11H2,1H3/t13-,14+/m0/s1. The lowest BCUT2D eigenvalue weighted by atomic mass is 9.58. The second kappa shape index (κ2) is 6.55. The van der Waals surface area contributed by atoms with Crippen LogP contribution in [0.5, 0.6) is 0 Å². The van der Waals surface area contributed by atoms with Gasteiger partial charge in [-0.1, -0.05) is 6.07 Å². The molecule has 1 saturated heterocycles. The van der Waals surface area contributed by atoms with Crippen LogP contribution in [0.3, 0.4) is 0 Å². The SMILES string of the molecule is CCO[C@@H]1C[C@H](O)C12CCN(Cc1nnc(-c3cccs3)o1)CC2. The van der Waals surface area contributed by atoms with Gasteiger partial charge in [0.2, 0.25) is 5.89 Å². The second-order valence-corrected chi connectivity index (χ2v) is 7.63. The minimum Gasteiger partial charge on any atom is -0.419 e. The van der Waals surface area contributed by atoms with Crippen molar-refractivity contribution >= 4 is 11.3 Å². The summed E-state index contributed by atoms with van der Waals surface area (Å²) in [6, 6.07) is 3.96. The van der Waals surface area contributed by atoms with Crippen molar-refractivity contribution in [2.45, 2.75) is 44.9 Å². The zero-order valence-electron chi connectivity index (χ0n) is 13.9. The van der Waals surface area contributed by atoms with Gasteiger partial charge in [-0.15, -0.1) is 21.5 Å². The molecule has 2 aromatic heterocycles. The van der Waals surface area contributed by atoms with E-state index in [0.29, 0.717) is 18.3 Å². The number of nitrogens with zero attached hydrogens (tertiary/aromatic N) is 3. The van der Waals surface area contributed by atoms with E-state index in [0.717, 1.165) is 43.8 Å². The quantitative estimate of drug-likeness (QED) is 0.894. The summed E-state index contributed by atoms with van der Waals surface area (Å²) < 4.78 is 11.6. The maximum atomic E-state index is 10.3. The summed E-state index contributed by atoms with van der Waals surface area (Å²) in [4.78, 5) is 3.33. The van der Waals surface area contributed by atoms with E-state index in [2.05, 4.69) is 15.1 Å². The van der Waals surface area contributed by atoms with E-state index in [1.165, 1.54) is 0 Å². The van der Waals surface area contributed by atoms with Crippen LogP contribution in [0.15, 0.2) is 21.9 Å². The van der Waals surface area contributed by atoms with E-state index >= 15 is 0 Å².